The zero-order chi connectivity index (χ0) is 14.5. The van der Waals surface area contributed by atoms with E-state index in [0.717, 1.165) is 0 Å². The van der Waals surface area contributed by atoms with Crippen LogP contribution in [0.3, 0.4) is 0 Å². The van der Waals surface area contributed by atoms with Crippen LogP contribution >= 0.6 is 11.6 Å². The predicted molar refractivity (Wildman–Crippen MR) is 72.6 cm³/mol. The molecule has 1 amide bonds. The molecule has 7 heteroatoms. The van der Waals surface area contributed by atoms with Gasteiger partial charge < -0.3 is 19.9 Å². The van der Waals surface area contributed by atoms with Crippen LogP contribution in [0.15, 0.2) is 12.1 Å². The van der Waals surface area contributed by atoms with E-state index in [0.29, 0.717) is 35.4 Å². The molecule has 0 fully saturated rings. The van der Waals surface area contributed by atoms with Crippen molar-refractivity contribution in [2.45, 2.75) is 19.3 Å². The molecule has 1 aliphatic rings. The van der Waals surface area contributed by atoms with Crippen LogP contribution in [0.25, 0.3) is 0 Å². The van der Waals surface area contributed by atoms with E-state index in [1.165, 1.54) is 0 Å². The number of benzene rings is 1. The molecular formula is C13H14ClNO5. The van der Waals surface area contributed by atoms with Gasteiger partial charge in [-0.2, -0.15) is 0 Å². The van der Waals surface area contributed by atoms with Crippen LogP contribution in [0.1, 0.15) is 19.3 Å². The first-order valence-corrected chi connectivity index (χ1v) is 6.55. The van der Waals surface area contributed by atoms with Crippen molar-refractivity contribution >= 4 is 29.2 Å². The molecule has 0 unspecified atom stereocenters. The lowest BCUT2D eigenvalue weighted by Crippen LogP contribution is -2.16. The molecule has 0 atom stereocenters. The number of aliphatic carboxylic acids is 1. The van der Waals surface area contributed by atoms with Crippen molar-refractivity contribution in [3.8, 4) is 11.5 Å². The van der Waals surface area contributed by atoms with Crippen LogP contribution in [0.5, 0.6) is 11.5 Å². The first kappa shape index (κ1) is 14.5. The van der Waals surface area contributed by atoms with Gasteiger partial charge in [0.25, 0.3) is 0 Å². The number of halogens is 1. The third-order valence-electron chi connectivity index (χ3n) is 2.70. The topological polar surface area (TPSA) is 84.9 Å². The third-order valence-corrected chi connectivity index (χ3v) is 3.01. The van der Waals surface area contributed by atoms with E-state index in [4.69, 9.17) is 26.2 Å². The Labute approximate surface area is 120 Å². The summed E-state index contributed by atoms with van der Waals surface area (Å²) in [6.45, 7) is 0.908. The highest BCUT2D eigenvalue weighted by atomic mass is 35.5. The van der Waals surface area contributed by atoms with Crippen LogP contribution in [0.2, 0.25) is 5.02 Å². The number of rotatable bonds is 5. The Balaban J connectivity index is 1.98. The highest BCUT2D eigenvalue weighted by Crippen LogP contribution is 2.37. The number of amides is 1. The number of fused-ring (bicyclic) bond motifs is 1. The second kappa shape index (κ2) is 6.47. The van der Waals surface area contributed by atoms with Crippen LogP contribution < -0.4 is 14.8 Å². The molecule has 0 radical (unpaired) electrons. The van der Waals surface area contributed by atoms with Crippen molar-refractivity contribution in [3.05, 3.63) is 17.2 Å². The molecule has 1 aromatic carbocycles. The standard InChI is InChI=1S/C13H14ClNO5/c14-8-6-10-11(20-5-4-19-10)7-9(8)15-12(16)2-1-3-13(17)18/h6-7H,1-5H2,(H,15,16)(H,17,18). The number of hydrogen-bond acceptors (Lipinski definition) is 4. The highest BCUT2D eigenvalue weighted by Gasteiger charge is 2.16. The van der Waals surface area contributed by atoms with Gasteiger partial charge >= 0.3 is 5.97 Å². The van der Waals surface area contributed by atoms with Crippen molar-refractivity contribution in [1.29, 1.82) is 0 Å². The Morgan fingerprint density at radius 1 is 1.20 bits per heavy atom. The number of hydrogen-bond donors (Lipinski definition) is 2. The molecule has 0 aliphatic carbocycles. The normalized spacial score (nSPS) is 12.8. The predicted octanol–water partition coefficient (Wildman–Crippen LogP) is 2.30. The molecule has 0 saturated carbocycles. The van der Waals surface area contributed by atoms with Crippen molar-refractivity contribution in [2.75, 3.05) is 18.5 Å². The zero-order valence-electron chi connectivity index (χ0n) is 10.6. The van der Waals surface area contributed by atoms with Crippen molar-refractivity contribution in [1.82, 2.24) is 0 Å². The van der Waals surface area contributed by atoms with E-state index >= 15 is 0 Å². The Bertz CT molecular complexity index is 532. The van der Waals surface area contributed by atoms with Gasteiger partial charge in [-0.25, -0.2) is 0 Å². The molecule has 2 N–H and O–H groups in total. The summed E-state index contributed by atoms with van der Waals surface area (Å²) < 4.78 is 10.8. The molecule has 1 aliphatic heterocycles. The monoisotopic (exact) mass is 299 g/mol. The molecule has 0 bridgehead atoms. The van der Waals surface area contributed by atoms with Crippen molar-refractivity contribution in [3.63, 3.8) is 0 Å². The maximum Gasteiger partial charge on any atom is 0.303 e. The molecule has 2 rings (SSSR count). The molecule has 0 saturated heterocycles. The van der Waals surface area contributed by atoms with E-state index in [2.05, 4.69) is 5.32 Å². The molecule has 1 heterocycles. The Morgan fingerprint density at radius 3 is 2.50 bits per heavy atom. The number of carbonyl (C=O) groups excluding carboxylic acids is 1. The summed E-state index contributed by atoms with van der Waals surface area (Å²) in [5, 5.41) is 11.5. The number of nitrogens with one attached hydrogen (secondary N) is 1. The third kappa shape index (κ3) is 3.77. The Kier molecular flexibility index (Phi) is 4.68. The summed E-state index contributed by atoms with van der Waals surface area (Å²) >= 11 is 6.05. The number of ether oxygens (including phenoxy) is 2. The van der Waals surface area contributed by atoms with E-state index < -0.39 is 5.97 Å². The summed E-state index contributed by atoms with van der Waals surface area (Å²) in [7, 11) is 0. The van der Waals surface area contributed by atoms with E-state index in [1.54, 1.807) is 12.1 Å². The maximum absolute atomic E-state index is 11.7. The minimum Gasteiger partial charge on any atom is -0.486 e. The van der Waals surface area contributed by atoms with Gasteiger partial charge in [0.1, 0.15) is 13.2 Å². The average molecular weight is 300 g/mol. The van der Waals surface area contributed by atoms with E-state index in [-0.39, 0.29) is 25.2 Å². The number of carbonyl (C=O) groups is 2. The summed E-state index contributed by atoms with van der Waals surface area (Å²) in [5.74, 6) is -0.133. The van der Waals surface area contributed by atoms with Gasteiger partial charge in [-0.1, -0.05) is 11.6 Å². The fourth-order valence-corrected chi connectivity index (χ4v) is 1.97. The van der Waals surface area contributed by atoms with Gasteiger partial charge in [0.2, 0.25) is 5.91 Å². The lowest BCUT2D eigenvalue weighted by molar-refractivity contribution is -0.137. The number of carboxylic acid groups (broad SMARTS) is 1. The van der Waals surface area contributed by atoms with Crippen LogP contribution in [0.4, 0.5) is 5.69 Å². The van der Waals surface area contributed by atoms with Gasteiger partial charge in [-0.15, -0.1) is 0 Å². The zero-order valence-corrected chi connectivity index (χ0v) is 11.4. The van der Waals surface area contributed by atoms with Gasteiger partial charge in [0, 0.05) is 25.0 Å². The lowest BCUT2D eigenvalue weighted by atomic mass is 10.2. The molecule has 0 spiro atoms. The van der Waals surface area contributed by atoms with Crippen molar-refractivity contribution < 1.29 is 24.2 Å². The summed E-state index contributed by atoms with van der Waals surface area (Å²) in [4.78, 5) is 22.0. The lowest BCUT2D eigenvalue weighted by Gasteiger charge is -2.20. The minimum absolute atomic E-state index is 0.0394. The van der Waals surface area contributed by atoms with Gasteiger partial charge in [-0.05, 0) is 6.42 Å². The molecule has 20 heavy (non-hydrogen) atoms. The minimum atomic E-state index is -0.921. The summed E-state index contributed by atoms with van der Waals surface area (Å²) in [5.41, 5.74) is 0.427. The maximum atomic E-state index is 11.7. The van der Waals surface area contributed by atoms with Crippen LogP contribution in [-0.2, 0) is 9.59 Å². The largest absolute Gasteiger partial charge is 0.486 e. The number of anilines is 1. The van der Waals surface area contributed by atoms with E-state index in [9.17, 15) is 9.59 Å². The quantitative estimate of drug-likeness (QED) is 0.871. The van der Waals surface area contributed by atoms with Crippen LogP contribution in [0, 0.1) is 0 Å². The fraction of sp³-hybridized carbons (Fsp3) is 0.385. The smallest absolute Gasteiger partial charge is 0.303 e. The Hall–Kier alpha value is -1.95. The summed E-state index contributed by atoms with van der Waals surface area (Å²) in [6, 6.07) is 3.19. The second-order valence-electron chi connectivity index (χ2n) is 4.27. The molecule has 6 nitrogen and oxygen atoms in total. The summed E-state index contributed by atoms with van der Waals surface area (Å²) in [6.07, 6.45) is 0.364. The van der Waals surface area contributed by atoms with E-state index in [1.807, 2.05) is 0 Å². The average Bonchev–Trinajstić information content (AvgIpc) is 2.39. The molecule has 0 aromatic heterocycles. The fourth-order valence-electron chi connectivity index (χ4n) is 1.77. The number of carboxylic acids is 1. The molecule has 108 valence electrons. The van der Waals surface area contributed by atoms with Gasteiger partial charge in [-0.3, -0.25) is 9.59 Å². The SMILES string of the molecule is O=C(O)CCCC(=O)Nc1cc2c(cc1Cl)OCCO2. The van der Waals surface area contributed by atoms with Crippen LogP contribution in [-0.4, -0.2) is 30.2 Å². The Morgan fingerprint density at radius 2 is 1.85 bits per heavy atom. The van der Waals surface area contributed by atoms with Gasteiger partial charge in [0.05, 0.1) is 10.7 Å². The first-order valence-electron chi connectivity index (χ1n) is 6.17. The van der Waals surface area contributed by atoms with Gasteiger partial charge in [0.15, 0.2) is 11.5 Å². The highest BCUT2D eigenvalue weighted by molar-refractivity contribution is 6.34. The second-order valence-corrected chi connectivity index (χ2v) is 4.68. The van der Waals surface area contributed by atoms with Crippen molar-refractivity contribution in [2.24, 2.45) is 0 Å². The molecular weight excluding hydrogens is 286 g/mol. The molecule has 1 aromatic rings. The first-order chi connectivity index (χ1) is 9.56.